The van der Waals surface area contributed by atoms with Crippen molar-refractivity contribution in [3.05, 3.63) is 90.0 Å². The number of carbonyl (C=O) groups excluding carboxylic acids is 1. The number of rotatable bonds is 4. The largest absolute Gasteiger partial charge is 0.496 e. The van der Waals surface area contributed by atoms with E-state index in [1.165, 1.54) is 7.11 Å². The van der Waals surface area contributed by atoms with Gasteiger partial charge in [-0.15, -0.1) is 0 Å². The number of thiocarbonyl (C=S) groups is 1. The Morgan fingerprint density at radius 2 is 1.71 bits per heavy atom. The fourth-order valence-corrected chi connectivity index (χ4v) is 3.96. The maximum atomic E-state index is 12.9. The number of hydrogen-bond acceptors (Lipinski definition) is 5. The summed E-state index contributed by atoms with van der Waals surface area (Å²) in [7, 11) is 1.54. The van der Waals surface area contributed by atoms with Gasteiger partial charge in [-0.2, -0.15) is 0 Å². The van der Waals surface area contributed by atoms with Gasteiger partial charge >= 0.3 is 0 Å². The first-order valence-corrected chi connectivity index (χ1v) is 11.1. The van der Waals surface area contributed by atoms with Crippen molar-refractivity contribution in [1.82, 2.24) is 10.3 Å². The Morgan fingerprint density at radius 1 is 0.971 bits per heavy atom. The van der Waals surface area contributed by atoms with E-state index in [0.29, 0.717) is 17.2 Å². The first-order chi connectivity index (χ1) is 16.5. The molecule has 0 aliphatic heterocycles. The molecule has 0 aliphatic carbocycles. The lowest BCUT2D eigenvalue weighted by Gasteiger charge is -2.13. The average molecular weight is 468 g/mol. The first-order valence-electron chi connectivity index (χ1n) is 10.7. The van der Waals surface area contributed by atoms with Crippen LogP contribution in [0.3, 0.4) is 0 Å². The van der Waals surface area contributed by atoms with Gasteiger partial charge in [0, 0.05) is 11.3 Å². The molecular weight excluding hydrogens is 446 g/mol. The fraction of sp³-hybridized carbons (Fsp3) is 0.0741. The smallest absolute Gasteiger partial charge is 0.261 e. The van der Waals surface area contributed by atoms with Crippen LogP contribution in [0.4, 0.5) is 5.69 Å². The highest BCUT2D eigenvalue weighted by atomic mass is 32.1. The van der Waals surface area contributed by atoms with Crippen molar-refractivity contribution in [2.75, 3.05) is 12.4 Å². The number of oxazole rings is 1. The molecular formula is C27H21N3O3S. The molecule has 0 bridgehead atoms. The van der Waals surface area contributed by atoms with Gasteiger partial charge in [-0.3, -0.25) is 10.1 Å². The van der Waals surface area contributed by atoms with Crippen molar-refractivity contribution in [3.63, 3.8) is 0 Å². The lowest BCUT2D eigenvalue weighted by atomic mass is 10.1. The van der Waals surface area contributed by atoms with Crippen LogP contribution in [0, 0.1) is 6.92 Å². The van der Waals surface area contributed by atoms with Crippen LogP contribution in [0.1, 0.15) is 15.9 Å². The Bertz CT molecular complexity index is 1540. The summed E-state index contributed by atoms with van der Waals surface area (Å²) in [6, 6.07) is 24.8. The second-order valence-electron chi connectivity index (χ2n) is 7.88. The Hall–Kier alpha value is -4.23. The molecule has 5 rings (SSSR count). The summed E-state index contributed by atoms with van der Waals surface area (Å²) in [5.74, 6) is 0.682. The molecule has 7 heteroatoms. The van der Waals surface area contributed by atoms with Gasteiger partial charge in [0.05, 0.1) is 12.7 Å². The zero-order valence-electron chi connectivity index (χ0n) is 18.6. The highest BCUT2D eigenvalue weighted by molar-refractivity contribution is 7.80. The van der Waals surface area contributed by atoms with E-state index >= 15 is 0 Å². The molecule has 0 saturated heterocycles. The molecule has 0 saturated carbocycles. The monoisotopic (exact) mass is 467 g/mol. The SMILES string of the molecule is COc1cc2ccccc2cc1C(=O)NC(=S)Nc1ccc(-c2nc3ccc(C)cc3o2)cc1. The minimum absolute atomic E-state index is 0.185. The number of fused-ring (bicyclic) bond motifs is 2. The number of carbonyl (C=O) groups is 1. The van der Waals surface area contributed by atoms with Gasteiger partial charge in [-0.1, -0.05) is 30.3 Å². The number of nitrogens with one attached hydrogen (secondary N) is 2. The maximum Gasteiger partial charge on any atom is 0.261 e. The highest BCUT2D eigenvalue weighted by Crippen LogP contribution is 2.27. The van der Waals surface area contributed by atoms with E-state index in [4.69, 9.17) is 21.4 Å². The van der Waals surface area contributed by atoms with Crippen molar-refractivity contribution < 1.29 is 13.9 Å². The molecule has 0 aliphatic rings. The molecule has 5 aromatic rings. The van der Waals surface area contributed by atoms with Gasteiger partial charge < -0.3 is 14.5 Å². The zero-order chi connectivity index (χ0) is 23.7. The van der Waals surface area contributed by atoms with Gasteiger partial charge in [0.1, 0.15) is 11.3 Å². The Balaban J connectivity index is 1.29. The summed E-state index contributed by atoms with van der Waals surface area (Å²) in [5.41, 5.74) is 4.67. The number of benzene rings is 4. The number of aromatic nitrogens is 1. The van der Waals surface area contributed by atoms with Gasteiger partial charge in [-0.05, 0) is 84.0 Å². The van der Waals surface area contributed by atoms with Crippen LogP contribution in [0.15, 0.2) is 83.3 Å². The van der Waals surface area contributed by atoms with E-state index in [9.17, 15) is 4.79 Å². The number of ether oxygens (including phenoxy) is 1. The predicted octanol–water partition coefficient (Wildman–Crippen LogP) is 6.09. The van der Waals surface area contributed by atoms with E-state index in [2.05, 4.69) is 15.6 Å². The topological polar surface area (TPSA) is 76.4 Å². The molecule has 0 fully saturated rings. The maximum absolute atomic E-state index is 12.9. The van der Waals surface area contributed by atoms with E-state index in [1.807, 2.05) is 79.7 Å². The first kappa shape index (κ1) is 21.6. The summed E-state index contributed by atoms with van der Waals surface area (Å²) in [5, 5.41) is 7.88. The van der Waals surface area contributed by atoms with Crippen molar-refractivity contribution in [3.8, 4) is 17.2 Å². The molecule has 1 heterocycles. The number of anilines is 1. The quantitative estimate of drug-likeness (QED) is 0.312. The van der Waals surface area contributed by atoms with Crippen molar-refractivity contribution >= 4 is 50.8 Å². The average Bonchev–Trinajstić information content (AvgIpc) is 3.26. The van der Waals surface area contributed by atoms with Crippen LogP contribution >= 0.6 is 12.2 Å². The van der Waals surface area contributed by atoms with Crippen molar-refractivity contribution in [2.45, 2.75) is 6.92 Å². The lowest BCUT2D eigenvalue weighted by Crippen LogP contribution is -2.34. The number of methoxy groups -OCH3 is 1. The third-order valence-corrected chi connectivity index (χ3v) is 5.68. The van der Waals surface area contributed by atoms with Gasteiger partial charge in [0.25, 0.3) is 5.91 Å². The van der Waals surface area contributed by atoms with Gasteiger partial charge in [0.2, 0.25) is 5.89 Å². The molecule has 6 nitrogen and oxygen atoms in total. The van der Waals surface area contributed by atoms with Crippen molar-refractivity contribution in [1.29, 1.82) is 0 Å². The van der Waals surface area contributed by atoms with Gasteiger partial charge in [0.15, 0.2) is 10.7 Å². The van der Waals surface area contributed by atoms with E-state index in [0.717, 1.165) is 38.7 Å². The summed E-state index contributed by atoms with van der Waals surface area (Å²) >= 11 is 5.35. The Kier molecular flexibility index (Phi) is 5.69. The number of amides is 1. The summed E-state index contributed by atoms with van der Waals surface area (Å²) < 4.78 is 11.3. The second-order valence-corrected chi connectivity index (χ2v) is 8.28. The minimum Gasteiger partial charge on any atom is -0.496 e. The predicted molar refractivity (Wildman–Crippen MR) is 138 cm³/mol. The number of aryl methyl sites for hydroxylation is 1. The van der Waals surface area contributed by atoms with Crippen LogP contribution in [0.25, 0.3) is 33.3 Å². The Labute approximate surface area is 201 Å². The zero-order valence-corrected chi connectivity index (χ0v) is 19.4. The lowest BCUT2D eigenvalue weighted by molar-refractivity contribution is 0.0975. The molecule has 1 aromatic heterocycles. The normalized spacial score (nSPS) is 10.9. The summed E-state index contributed by atoms with van der Waals surface area (Å²) in [6.45, 7) is 2.01. The van der Waals surface area contributed by atoms with Crippen LogP contribution in [0.5, 0.6) is 5.75 Å². The van der Waals surface area contributed by atoms with E-state index < -0.39 is 0 Å². The molecule has 0 atom stereocenters. The minimum atomic E-state index is -0.349. The van der Waals surface area contributed by atoms with Gasteiger partial charge in [-0.25, -0.2) is 4.98 Å². The molecule has 0 radical (unpaired) electrons. The molecule has 34 heavy (non-hydrogen) atoms. The molecule has 0 spiro atoms. The molecule has 4 aromatic carbocycles. The van der Waals surface area contributed by atoms with Crippen LogP contribution in [-0.2, 0) is 0 Å². The standard InChI is InChI=1S/C27H21N3O3S/c1-16-7-12-22-24(13-16)33-26(29-22)17-8-10-20(11-9-17)28-27(34)30-25(31)21-14-18-5-3-4-6-19(18)15-23(21)32-2/h3-15H,1-2H3,(H2,28,30,31,34). The third kappa shape index (κ3) is 4.33. The van der Waals surface area contributed by atoms with Crippen LogP contribution in [-0.4, -0.2) is 23.1 Å². The van der Waals surface area contributed by atoms with E-state index in [1.54, 1.807) is 6.07 Å². The summed E-state index contributed by atoms with van der Waals surface area (Å²) in [4.78, 5) is 17.4. The number of nitrogens with zero attached hydrogens (tertiary/aromatic N) is 1. The van der Waals surface area contributed by atoms with Crippen molar-refractivity contribution in [2.24, 2.45) is 0 Å². The molecule has 1 amide bonds. The Morgan fingerprint density at radius 3 is 2.44 bits per heavy atom. The second kappa shape index (κ2) is 8.96. The number of hydrogen-bond donors (Lipinski definition) is 2. The van der Waals surface area contributed by atoms with E-state index in [-0.39, 0.29) is 11.0 Å². The fourth-order valence-electron chi connectivity index (χ4n) is 3.75. The molecule has 2 N–H and O–H groups in total. The summed E-state index contributed by atoms with van der Waals surface area (Å²) in [6.07, 6.45) is 0. The molecule has 0 unspecified atom stereocenters. The van der Waals surface area contributed by atoms with Crippen LogP contribution in [0.2, 0.25) is 0 Å². The highest BCUT2D eigenvalue weighted by Gasteiger charge is 2.15. The van der Waals surface area contributed by atoms with Crippen LogP contribution < -0.4 is 15.4 Å². The molecule has 168 valence electrons. The third-order valence-electron chi connectivity index (χ3n) is 5.47.